The van der Waals surface area contributed by atoms with Gasteiger partial charge in [0.1, 0.15) is 5.82 Å². The first-order chi connectivity index (χ1) is 8.58. The van der Waals surface area contributed by atoms with E-state index in [0.717, 1.165) is 37.9 Å². The topological polar surface area (TPSA) is 23.5 Å². The summed E-state index contributed by atoms with van der Waals surface area (Å²) in [6.45, 7) is 2.06. The Hall–Kier alpha value is -0.640. The van der Waals surface area contributed by atoms with Crippen molar-refractivity contribution in [3.8, 4) is 0 Å². The van der Waals surface area contributed by atoms with Gasteiger partial charge in [0, 0.05) is 19.0 Å². The van der Waals surface area contributed by atoms with Crippen molar-refractivity contribution in [1.82, 2.24) is 4.90 Å². The molecular weight excluding hydrogens is 253 g/mol. The van der Waals surface area contributed by atoms with Gasteiger partial charge in [-0.2, -0.15) is 0 Å². The maximum atomic E-state index is 13.1. The van der Waals surface area contributed by atoms with Crippen LogP contribution < -0.4 is 0 Å². The number of halogens is 2. The molecule has 2 aliphatic rings. The molecular formula is C14H17ClFNO. The normalized spacial score (nSPS) is 31.8. The number of benzene rings is 1. The first-order valence-corrected chi connectivity index (χ1v) is 6.87. The molecule has 2 atom stereocenters. The molecule has 0 radical (unpaired) electrons. The summed E-state index contributed by atoms with van der Waals surface area (Å²) in [5.41, 5.74) is 0.246. The Morgan fingerprint density at radius 2 is 2.28 bits per heavy atom. The minimum Gasteiger partial charge on any atom is -0.388 e. The maximum absolute atomic E-state index is 13.1. The summed E-state index contributed by atoms with van der Waals surface area (Å²) in [4.78, 5) is 2.37. The standard InChI is InChI=1S/C14H17ClFNO/c15-11-8-10(3-4-12(11)16)9-14(18)5-7-17-6-1-2-13(14)17/h3-4,8,13,18H,1-2,5-7,9H2. The molecule has 2 heterocycles. The molecule has 0 aliphatic carbocycles. The van der Waals surface area contributed by atoms with Gasteiger partial charge in [0.05, 0.1) is 10.6 Å². The monoisotopic (exact) mass is 269 g/mol. The van der Waals surface area contributed by atoms with Gasteiger partial charge < -0.3 is 5.11 Å². The van der Waals surface area contributed by atoms with Gasteiger partial charge in [0.15, 0.2) is 0 Å². The molecule has 2 saturated heterocycles. The first-order valence-electron chi connectivity index (χ1n) is 6.49. The highest BCUT2D eigenvalue weighted by molar-refractivity contribution is 6.30. The van der Waals surface area contributed by atoms with E-state index in [1.807, 2.05) is 0 Å². The Labute approximate surface area is 111 Å². The van der Waals surface area contributed by atoms with Gasteiger partial charge in [-0.15, -0.1) is 0 Å². The second-order valence-electron chi connectivity index (χ2n) is 5.47. The number of hydrogen-bond acceptors (Lipinski definition) is 2. The van der Waals surface area contributed by atoms with Gasteiger partial charge >= 0.3 is 0 Å². The van der Waals surface area contributed by atoms with Crippen LogP contribution >= 0.6 is 11.6 Å². The Bertz CT molecular complexity index is 467. The number of hydrogen-bond donors (Lipinski definition) is 1. The summed E-state index contributed by atoms with van der Waals surface area (Å²) >= 11 is 5.79. The Morgan fingerprint density at radius 3 is 3.06 bits per heavy atom. The van der Waals surface area contributed by atoms with Crippen LogP contribution in [0, 0.1) is 5.82 Å². The summed E-state index contributed by atoms with van der Waals surface area (Å²) in [7, 11) is 0. The van der Waals surface area contributed by atoms with Crippen molar-refractivity contribution in [1.29, 1.82) is 0 Å². The Morgan fingerprint density at radius 1 is 1.44 bits per heavy atom. The zero-order valence-corrected chi connectivity index (χ0v) is 11.0. The largest absolute Gasteiger partial charge is 0.388 e. The second kappa shape index (κ2) is 4.48. The average Bonchev–Trinajstić information content (AvgIpc) is 2.90. The summed E-state index contributed by atoms with van der Waals surface area (Å²) in [5.74, 6) is -0.402. The molecule has 2 nitrogen and oxygen atoms in total. The lowest BCUT2D eigenvalue weighted by atomic mass is 9.86. The third-order valence-electron chi connectivity index (χ3n) is 4.31. The second-order valence-corrected chi connectivity index (χ2v) is 5.88. The van der Waals surface area contributed by atoms with E-state index >= 15 is 0 Å². The van der Waals surface area contributed by atoms with E-state index in [-0.39, 0.29) is 11.1 Å². The third kappa shape index (κ3) is 2.04. The summed E-state index contributed by atoms with van der Waals surface area (Å²) in [5, 5.41) is 10.9. The molecule has 2 aliphatic heterocycles. The molecule has 3 rings (SSSR count). The van der Waals surface area contributed by atoms with Gasteiger partial charge in [-0.25, -0.2) is 4.39 Å². The van der Waals surface area contributed by atoms with E-state index in [4.69, 9.17) is 11.6 Å². The molecule has 0 saturated carbocycles. The van der Waals surface area contributed by atoms with Gasteiger partial charge in [0.25, 0.3) is 0 Å². The quantitative estimate of drug-likeness (QED) is 0.892. The van der Waals surface area contributed by atoms with Crippen LogP contribution in [0.5, 0.6) is 0 Å². The van der Waals surface area contributed by atoms with Gasteiger partial charge in [-0.05, 0) is 43.5 Å². The molecule has 1 aromatic carbocycles. The highest BCUT2D eigenvalue weighted by Gasteiger charge is 2.47. The lowest BCUT2D eigenvalue weighted by Gasteiger charge is -2.30. The summed E-state index contributed by atoms with van der Waals surface area (Å²) in [6, 6.07) is 4.99. The van der Waals surface area contributed by atoms with Crippen molar-refractivity contribution in [3.63, 3.8) is 0 Å². The van der Waals surface area contributed by atoms with Crippen molar-refractivity contribution in [2.24, 2.45) is 0 Å². The van der Waals surface area contributed by atoms with Crippen LogP contribution in [-0.4, -0.2) is 34.7 Å². The Balaban J connectivity index is 1.81. The first kappa shape index (κ1) is 12.4. The molecule has 0 aromatic heterocycles. The fourth-order valence-corrected chi connectivity index (χ4v) is 3.62. The molecule has 4 heteroatoms. The summed E-state index contributed by atoms with van der Waals surface area (Å²) < 4.78 is 13.1. The van der Waals surface area contributed by atoms with E-state index < -0.39 is 11.4 Å². The third-order valence-corrected chi connectivity index (χ3v) is 4.60. The minimum absolute atomic E-state index is 0.136. The SMILES string of the molecule is OC1(Cc2ccc(F)c(Cl)c2)CCN2CCCC21. The van der Waals surface area contributed by atoms with Gasteiger partial charge in [0.2, 0.25) is 0 Å². The van der Waals surface area contributed by atoms with Crippen LogP contribution in [0.15, 0.2) is 18.2 Å². The van der Waals surface area contributed by atoms with Crippen LogP contribution in [0.2, 0.25) is 5.02 Å². The highest BCUT2D eigenvalue weighted by atomic mass is 35.5. The van der Waals surface area contributed by atoms with Crippen molar-refractivity contribution in [2.45, 2.75) is 37.3 Å². The summed E-state index contributed by atoms with van der Waals surface area (Å²) in [6.07, 6.45) is 3.59. The molecule has 0 spiro atoms. The van der Waals surface area contributed by atoms with E-state index in [1.54, 1.807) is 12.1 Å². The number of nitrogens with zero attached hydrogens (tertiary/aromatic N) is 1. The van der Waals surface area contributed by atoms with Crippen LogP contribution in [0.3, 0.4) is 0 Å². The molecule has 0 amide bonds. The predicted octanol–water partition coefficient (Wildman–Crippen LogP) is 2.62. The van der Waals surface area contributed by atoms with Crippen LogP contribution in [0.1, 0.15) is 24.8 Å². The maximum Gasteiger partial charge on any atom is 0.141 e. The van der Waals surface area contributed by atoms with E-state index in [0.29, 0.717) is 6.42 Å². The van der Waals surface area contributed by atoms with Crippen molar-refractivity contribution in [2.75, 3.05) is 13.1 Å². The lowest BCUT2D eigenvalue weighted by molar-refractivity contribution is 0.0141. The minimum atomic E-state index is -0.669. The van der Waals surface area contributed by atoms with Crippen LogP contribution in [0.25, 0.3) is 0 Å². The number of rotatable bonds is 2. The molecule has 0 bridgehead atoms. The van der Waals surface area contributed by atoms with Crippen LogP contribution in [0.4, 0.5) is 4.39 Å². The van der Waals surface area contributed by atoms with E-state index in [2.05, 4.69) is 4.90 Å². The fourth-order valence-electron chi connectivity index (χ4n) is 3.42. The van der Waals surface area contributed by atoms with E-state index in [1.165, 1.54) is 6.07 Å². The molecule has 1 N–H and O–H groups in total. The molecule has 2 fully saturated rings. The van der Waals surface area contributed by atoms with Crippen LogP contribution in [-0.2, 0) is 6.42 Å². The molecule has 98 valence electrons. The van der Waals surface area contributed by atoms with E-state index in [9.17, 15) is 9.50 Å². The van der Waals surface area contributed by atoms with Gasteiger partial charge in [-0.3, -0.25) is 4.90 Å². The zero-order chi connectivity index (χ0) is 12.8. The van der Waals surface area contributed by atoms with Crippen molar-refractivity contribution >= 4 is 11.6 Å². The van der Waals surface area contributed by atoms with Gasteiger partial charge in [-0.1, -0.05) is 17.7 Å². The lowest BCUT2D eigenvalue weighted by Crippen LogP contribution is -2.43. The molecule has 1 aromatic rings. The fraction of sp³-hybridized carbons (Fsp3) is 0.571. The molecule has 2 unspecified atom stereocenters. The van der Waals surface area contributed by atoms with Crippen molar-refractivity contribution in [3.05, 3.63) is 34.6 Å². The number of fused-ring (bicyclic) bond motifs is 1. The highest BCUT2D eigenvalue weighted by Crippen LogP contribution is 2.38. The Kier molecular flexibility index (Phi) is 3.08. The number of aliphatic hydroxyl groups is 1. The average molecular weight is 270 g/mol. The molecule has 18 heavy (non-hydrogen) atoms. The smallest absolute Gasteiger partial charge is 0.141 e. The predicted molar refractivity (Wildman–Crippen MR) is 69.3 cm³/mol. The zero-order valence-electron chi connectivity index (χ0n) is 10.2. The van der Waals surface area contributed by atoms with Crippen molar-refractivity contribution < 1.29 is 9.50 Å².